The Morgan fingerprint density at radius 2 is 2.15 bits per heavy atom. The molecule has 1 saturated heterocycles. The molecule has 3 rings (SSSR count). The third-order valence-electron chi connectivity index (χ3n) is 4.18. The number of likely N-dealkylation sites (tertiary alicyclic amines) is 1. The summed E-state index contributed by atoms with van der Waals surface area (Å²) in [5.74, 6) is 0.618. The maximum atomic E-state index is 12.4. The van der Waals surface area contributed by atoms with Crippen molar-refractivity contribution in [3.8, 4) is 11.4 Å². The normalized spacial score (nSPS) is 16.5. The van der Waals surface area contributed by atoms with Gasteiger partial charge in [-0.25, -0.2) is 4.79 Å². The third-order valence-corrected chi connectivity index (χ3v) is 4.18. The fourth-order valence-electron chi connectivity index (χ4n) is 2.95. The van der Waals surface area contributed by atoms with Gasteiger partial charge in [-0.2, -0.15) is 4.98 Å². The van der Waals surface area contributed by atoms with Crippen LogP contribution in [0, 0.1) is 0 Å². The molecular formula is C18H22N4O4. The summed E-state index contributed by atoms with van der Waals surface area (Å²) in [6.45, 7) is 2.93. The summed E-state index contributed by atoms with van der Waals surface area (Å²) in [5, 5.41) is 6.77. The van der Waals surface area contributed by atoms with Gasteiger partial charge in [-0.05, 0) is 19.8 Å². The molecule has 8 nitrogen and oxygen atoms in total. The summed E-state index contributed by atoms with van der Waals surface area (Å²) in [6, 6.07) is 9.06. The van der Waals surface area contributed by atoms with Gasteiger partial charge in [-0.3, -0.25) is 4.79 Å². The van der Waals surface area contributed by atoms with Gasteiger partial charge in [-0.1, -0.05) is 35.5 Å². The Hall–Kier alpha value is -2.90. The van der Waals surface area contributed by atoms with Gasteiger partial charge in [0, 0.05) is 18.7 Å². The number of hydrogen-bond acceptors (Lipinski definition) is 6. The number of benzene rings is 1. The average Bonchev–Trinajstić information content (AvgIpc) is 3.32. The number of aromatic nitrogens is 2. The van der Waals surface area contributed by atoms with Crippen molar-refractivity contribution < 1.29 is 18.8 Å². The van der Waals surface area contributed by atoms with E-state index in [-0.39, 0.29) is 31.0 Å². The zero-order chi connectivity index (χ0) is 18.4. The van der Waals surface area contributed by atoms with Crippen molar-refractivity contribution in [2.75, 3.05) is 19.7 Å². The smallest absolute Gasteiger partial charge is 0.318 e. The van der Waals surface area contributed by atoms with Crippen LogP contribution in [0.1, 0.15) is 38.1 Å². The molecule has 0 aliphatic carbocycles. The van der Waals surface area contributed by atoms with Crippen molar-refractivity contribution in [1.82, 2.24) is 20.4 Å². The molecule has 0 bridgehead atoms. The topological polar surface area (TPSA) is 97.6 Å². The number of carbonyl (C=O) groups excluding carboxylic acids is 2. The fraction of sp³-hybridized carbons (Fsp3) is 0.444. The Bertz CT molecular complexity index is 747. The van der Waals surface area contributed by atoms with E-state index in [2.05, 4.69) is 15.5 Å². The summed E-state index contributed by atoms with van der Waals surface area (Å²) in [5.41, 5.74) is 0.867. The Morgan fingerprint density at radius 3 is 2.92 bits per heavy atom. The van der Waals surface area contributed by atoms with Crippen LogP contribution in [0.2, 0.25) is 0 Å². The Kier molecular flexibility index (Phi) is 5.83. The van der Waals surface area contributed by atoms with Crippen LogP contribution in [0.15, 0.2) is 34.9 Å². The second kappa shape index (κ2) is 8.46. The molecule has 2 amide bonds. The molecule has 0 saturated carbocycles. The van der Waals surface area contributed by atoms with E-state index in [1.54, 1.807) is 11.8 Å². The molecule has 138 valence electrons. The quantitative estimate of drug-likeness (QED) is 0.797. The van der Waals surface area contributed by atoms with Crippen LogP contribution in [0.5, 0.6) is 0 Å². The standard InChI is InChI=1S/C18H22N4O4/c1-2-25-15(23)10-11-19-18(24)22-12-6-9-14(22)17-20-16(21-26-17)13-7-4-3-5-8-13/h3-5,7-8,14H,2,6,9-12H2,1H3,(H,19,24)/t14-/m0/s1. The molecule has 1 atom stereocenters. The van der Waals surface area contributed by atoms with Crippen LogP contribution in [0.3, 0.4) is 0 Å². The van der Waals surface area contributed by atoms with Crippen LogP contribution in [-0.2, 0) is 9.53 Å². The van der Waals surface area contributed by atoms with Crippen LogP contribution < -0.4 is 5.32 Å². The molecule has 1 fully saturated rings. The molecule has 2 heterocycles. The first-order chi connectivity index (χ1) is 12.7. The van der Waals surface area contributed by atoms with E-state index in [0.717, 1.165) is 18.4 Å². The summed E-state index contributed by atoms with van der Waals surface area (Å²) in [4.78, 5) is 29.9. The molecule has 0 radical (unpaired) electrons. The summed E-state index contributed by atoms with van der Waals surface area (Å²) in [7, 11) is 0. The molecule has 1 aliphatic rings. The summed E-state index contributed by atoms with van der Waals surface area (Å²) >= 11 is 0. The molecule has 2 aromatic rings. The summed E-state index contributed by atoms with van der Waals surface area (Å²) < 4.78 is 10.2. The Morgan fingerprint density at radius 1 is 1.35 bits per heavy atom. The minimum absolute atomic E-state index is 0.150. The zero-order valence-corrected chi connectivity index (χ0v) is 14.7. The van der Waals surface area contributed by atoms with Crippen LogP contribution in [-0.4, -0.2) is 46.7 Å². The zero-order valence-electron chi connectivity index (χ0n) is 14.7. The third kappa shape index (κ3) is 4.19. The average molecular weight is 358 g/mol. The maximum absolute atomic E-state index is 12.4. The van der Waals surface area contributed by atoms with E-state index in [1.807, 2.05) is 30.3 Å². The van der Waals surface area contributed by atoms with Crippen molar-refractivity contribution in [3.63, 3.8) is 0 Å². The van der Waals surface area contributed by atoms with Crippen LogP contribution >= 0.6 is 0 Å². The van der Waals surface area contributed by atoms with Crippen LogP contribution in [0.4, 0.5) is 4.79 Å². The number of esters is 1. The Balaban J connectivity index is 1.60. The van der Waals surface area contributed by atoms with Crippen molar-refractivity contribution >= 4 is 12.0 Å². The summed E-state index contributed by atoms with van der Waals surface area (Å²) in [6.07, 6.45) is 1.78. The highest BCUT2D eigenvalue weighted by atomic mass is 16.5. The lowest BCUT2D eigenvalue weighted by Crippen LogP contribution is -2.40. The Labute approximate surface area is 151 Å². The van der Waals surface area contributed by atoms with Crippen LogP contribution in [0.25, 0.3) is 11.4 Å². The van der Waals surface area contributed by atoms with Gasteiger partial charge in [-0.15, -0.1) is 0 Å². The second-order valence-electron chi connectivity index (χ2n) is 5.96. The van der Waals surface area contributed by atoms with E-state index in [1.165, 1.54) is 0 Å². The molecule has 26 heavy (non-hydrogen) atoms. The molecule has 0 spiro atoms. The minimum atomic E-state index is -0.324. The minimum Gasteiger partial charge on any atom is -0.466 e. The second-order valence-corrected chi connectivity index (χ2v) is 5.96. The first-order valence-electron chi connectivity index (χ1n) is 8.78. The highest BCUT2D eigenvalue weighted by Gasteiger charge is 2.34. The number of carbonyl (C=O) groups is 2. The van der Waals surface area contributed by atoms with E-state index >= 15 is 0 Å². The number of amides is 2. The highest BCUT2D eigenvalue weighted by Crippen LogP contribution is 2.31. The number of hydrogen-bond donors (Lipinski definition) is 1. The van der Waals surface area contributed by atoms with E-state index < -0.39 is 0 Å². The highest BCUT2D eigenvalue weighted by molar-refractivity contribution is 5.76. The first kappa shape index (κ1) is 17.9. The van der Waals surface area contributed by atoms with Gasteiger partial charge < -0.3 is 19.5 Å². The molecule has 0 unspecified atom stereocenters. The maximum Gasteiger partial charge on any atom is 0.318 e. The number of nitrogens with zero attached hydrogens (tertiary/aromatic N) is 3. The van der Waals surface area contributed by atoms with Gasteiger partial charge in [0.15, 0.2) is 0 Å². The van der Waals surface area contributed by atoms with E-state index in [9.17, 15) is 9.59 Å². The predicted molar refractivity (Wildman–Crippen MR) is 93.1 cm³/mol. The lowest BCUT2D eigenvalue weighted by molar-refractivity contribution is -0.142. The number of urea groups is 1. The predicted octanol–water partition coefficient (Wildman–Crippen LogP) is 2.54. The molecule has 1 aromatic heterocycles. The lowest BCUT2D eigenvalue weighted by Gasteiger charge is -2.22. The van der Waals surface area contributed by atoms with Gasteiger partial charge in [0.05, 0.1) is 13.0 Å². The van der Waals surface area contributed by atoms with E-state index in [4.69, 9.17) is 9.26 Å². The van der Waals surface area contributed by atoms with Gasteiger partial charge >= 0.3 is 12.0 Å². The van der Waals surface area contributed by atoms with E-state index in [0.29, 0.717) is 24.9 Å². The number of ether oxygens (including phenoxy) is 1. The first-order valence-corrected chi connectivity index (χ1v) is 8.78. The fourth-order valence-corrected chi connectivity index (χ4v) is 2.95. The number of rotatable bonds is 6. The number of nitrogens with one attached hydrogen (secondary N) is 1. The van der Waals surface area contributed by atoms with Gasteiger partial charge in [0.25, 0.3) is 0 Å². The van der Waals surface area contributed by atoms with Gasteiger partial charge in [0.1, 0.15) is 6.04 Å². The lowest BCUT2D eigenvalue weighted by atomic mass is 10.2. The molecule has 8 heteroatoms. The molecule has 1 aromatic carbocycles. The molecular weight excluding hydrogens is 336 g/mol. The van der Waals surface area contributed by atoms with Crippen molar-refractivity contribution in [2.24, 2.45) is 0 Å². The molecule has 1 aliphatic heterocycles. The SMILES string of the molecule is CCOC(=O)CCNC(=O)N1CCC[C@H]1c1nc(-c2ccccc2)no1. The van der Waals surface area contributed by atoms with Gasteiger partial charge in [0.2, 0.25) is 11.7 Å². The van der Waals surface area contributed by atoms with Crippen molar-refractivity contribution in [1.29, 1.82) is 0 Å². The van der Waals surface area contributed by atoms with Crippen molar-refractivity contribution in [3.05, 3.63) is 36.2 Å². The largest absolute Gasteiger partial charge is 0.466 e. The van der Waals surface area contributed by atoms with Crippen molar-refractivity contribution in [2.45, 2.75) is 32.2 Å². The monoisotopic (exact) mass is 358 g/mol. The molecule has 1 N–H and O–H groups in total.